The number of nitrogens with zero attached hydrogens (tertiary/aromatic N) is 1. The maximum Gasteiger partial charge on any atom is 0.227 e. The second-order valence-corrected chi connectivity index (χ2v) is 5.90. The van der Waals surface area contributed by atoms with Gasteiger partial charge in [-0.15, -0.1) is 11.3 Å². The van der Waals surface area contributed by atoms with E-state index in [-0.39, 0.29) is 6.04 Å². The first-order chi connectivity index (χ1) is 9.90. The molecule has 3 aromatic rings. The Morgan fingerprint density at radius 1 is 1.00 bits per heavy atom. The highest BCUT2D eigenvalue weighted by Crippen LogP contribution is 2.30. The monoisotopic (exact) mass is 279 g/mol. The van der Waals surface area contributed by atoms with Crippen molar-refractivity contribution in [1.82, 2.24) is 0 Å². The molecule has 0 amide bonds. The fraction of sp³-hybridized carbons (Fsp3) is 0.118. The molecule has 2 heterocycles. The summed E-state index contributed by atoms with van der Waals surface area (Å²) in [6.45, 7) is 0.633. The van der Waals surface area contributed by atoms with E-state index in [0.717, 1.165) is 10.8 Å². The Balaban J connectivity index is 1.69. The van der Waals surface area contributed by atoms with Crippen molar-refractivity contribution in [2.45, 2.75) is 6.04 Å². The van der Waals surface area contributed by atoms with E-state index in [0.29, 0.717) is 6.61 Å². The summed E-state index contributed by atoms with van der Waals surface area (Å²) in [5, 5.41) is 1.25. The van der Waals surface area contributed by atoms with Gasteiger partial charge in [0.05, 0.1) is 4.88 Å². The van der Waals surface area contributed by atoms with Crippen molar-refractivity contribution in [1.29, 1.82) is 0 Å². The van der Waals surface area contributed by atoms with Crippen molar-refractivity contribution in [3.63, 3.8) is 0 Å². The van der Waals surface area contributed by atoms with Gasteiger partial charge < -0.3 is 4.74 Å². The third-order valence-corrected chi connectivity index (χ3v) is 4.58. The molecule has 0 spiro atoms. The molecule has 2 nitrogen and oxygen atoms in total. The minimum absolute atomic E-state index is 0.122. The average molecular weight is 279 g/mol. The molecule has 1 aliphatic heterocycles. The number of thiophene rings is 1. The summed E-state index contributed by atoms with van der Waals surface area (Å²) in [5.41, 5.74) is 1.21. The zero-order chi connectivity index (χ0) is 13.4. The number of ether oxygens (including phenoxy) is 1. The second kappa shape index (κ2) is 4.76. The zero-order valence-electron chi connectivity index (χ0n) is 10.8. The van der Waals surface area contributed by atoms with Crippen LogP contribution in [0, 0.1) is 0 Å². The lowest BCUT2D eigenvalue weighted by Gasteiger charge is -2.03. The average Bonchev–Trinajstić information content (AvgIpc) is 3.14. The Bertz CT molecular complexity index is 743. The van der Waals surface area contributed by atoms with Crippen LogP contribution in [0.4, 0.5) is 0 Å². The molecule has 0 aliphatic carbocycles. The minimum Gasteiger partial charge on any atom is -0.474 e. The first-order valence-electron chi connectivity index (χ1n) is 6.65. The molecule has 0 N–H and O–H groups in total. The molecule has 1 aliphatic rings. The first-order valence-corrected chi connectivity index (χ1v) is 7.46. The molecule has 1 aromatic heterocycles. The smallest absolute Gasteiger partial charge is 0.227 e. The topological polar surface area (TPSA) is 21.6 Å². The maximum absolute atomic E-state index is 5.80. The Kier molecular flexibility index (Phi) is 2.78. The van der Waals surface area contributed by atoms with Crippen molar-refractivity contribution in [3.8, 4) is 0 Å². The van der Waals surface area contributed by atoms with E-state index in [1.807, 2.05) is 18.2 Å². The van der Waals surface area contributed by atoms with E-state index >= 15 is 0 Å². The molecule has 3 heteroatoms. The van der Waals surface area contributed by atoms with Gasteiger partial charge in [-0.1, -0.05) is 48.5 Å². The number of fused-ring (bicyclic) bond motifs is 1. The molecule has 1 unspecified atom stereocenters. The van der Waals surface area contributed by atoms with Crippen LogP contribution in [0.2, 0.25) is 0 Å². The highest BCUT2D eigenvalue weighted by Gasteiger charge is 2.22. The second-order valence-electron chi connectivity index (χ2n) is 4.82. The quantitative estimate of drug-likeness (QED) is 0.680. The van der Waals surface area contributed by atoms with Gasteiger partial charge in [0.25, 0.3) is 0 Å². The molecule has 0 fully saturated rings. The van der Waals surface area contributed by atoms with E-state index < -0.39 is 0 Å². The molecule has 2 aromatic carbocycles. The third kappa shape index (κ3) is 2.00. The normalized spacial score (nSPS) is 18.0. The number of benzene rings is 2. The van der Waals surface area contributed by atoms with Crippen LogP contribution in [0.25, 0.3) is 10.1 Å². The SMILES string of the molecule is c1ccc(C2COC(c3cc4ccccc4s3)=N2)cc1. The Labute approximate surface area is 121 Å². The summed E-state index contributed by atoms with van der Waals surface area (Å²) >= 11 is 1.74. The number of hydrogen-bond donors (Lipinski definition) is 0. The summed E-state index contributed by atoms with van der Waals surface area (Å²) in [7, 11) is 0. The van der Waals surface area contributed by atoms with Gasteiger partial charge in [0.1, 0.15) is 12.6 Å². The first kappa shape index (κ1) is 11.7. The zero-order valence-corrected chi connectivity index (χ0v) is 11.6. The third-order valence-electron chi connectivity index (χ3n) is 3.47. The summed E-state index contributed by atoms with van der Waals surface area (Å²) in [6, 6.07) is 21.0. The van der Waals surface area contributed by atoms with Gasteiger partial charge in [-0.2, -0.15) is 0 Å². The molecule has 0 saturated carbocycles. The lowest BCUT2D eigenvalue weighted by Crippen LogP contribution is -1.99. The molecule has 98 valence electrons. The highest BCUT2D eigenvalue weighted by atomic mass is 32.1. The summed E-state index contributed by atoms with van der Waals surface area (Å²) in [5.74, 6) is 0.778. The van der Waals surface area contributed by atoms with E-state index in [1.165, 1.54) is 15.6 Å². The Morgan fingerprint density at radius 2 is 1.80 bits per heavy atom. The van der Waals surface area contributed by atoms with Crippen molar-refractivity contribution in [2.75, 3.05) is 6.61 Å². The fourth-order valence-corrected chi connectivity index (χ4v) is 3.46. The van der Waals surface area contributed by atoms with Crippen LogP contribution in [0.5, 0.6) is 0 Å². The van der Waals surface area contributed by atoms with Gasteiger partial charge in [-0.05, 0) is 23.1 Å². The van der Waals surface area contributed by atoms with Gasteiger partial charge in [0, 0.05) is 4.70 Å². The van der Waals surface area contributed by atoms with Crippen LogP contribution in [0.3, 0.4) is 0 Å². The Hall–Kier alpha value is -2.13. The lowest BCUT2D eigenvalue weighted by molar-refractivity contribution is 0.320. The van der Waals surface area contributed by atoms with E-state index in [2.05, 4.69) is 42.5 Å². The molecule has 0 bridgehead atoms. The van der Waals surface area contributed by atoms with Crippen molar-refractivity contribution in [2.24, 2.45) is 4.99 Å². The van der Waals surface area contributed by atoms with Gasteiger partial charge in [0.15, 0.2) is 0 Å². The van der Waals surface area contributed by atoms with E-state index in [1.54, 1.807) is 11.3 Å². The predicted molar refractivity (Wildman–Crippen MR) is 83.5 cm³/mol. The molecule has 0 saturated heterocycles. The lowest BCUT2D eigenvalue weighted by atomic mass is 10.1. The van der Waals surface area contributed by atoms with Crippen molar-refractivity contribution < 1.29 is 4.74 Å². The van der Waals surface area contributed by atoms with Crippen LogP contribution >= 0.6 is 11.3 Å². The van der Waals surface area contributed by atoms with Crippen LogP contribution < -0.4 is 0 Å². The number of hydrogen-bond acceptors (Lipinski definition) is 3. The summed E-state index contributed by atoms with van der Waals surface area (Å²) in [6.07, 6.45) is 0. The number of aliphatic imine (C=N–C) groups is 1. The summed E-state index contributed by atoms with van der Waals surface area (Å²) in [4.78, 5) is 5.84. The van der Waals surface area contributed by atoms with Gasteiger partial charge in [0.2, 0.25) is 5.90 Å². The van der Waals surface area contributed by atoms with E-state index in [9.17, 15) is 0 Å². The van der Waals surface area contributed by atoms with Crippen LogP contribution in [0.15, 0.2) is 65.7 Å². The molecule has 1 atom stereocenters. The van der Waals surface area contributed by atoms with E-state index in [4.69, 9.17) is 9.73 Å². The molecule has 0 radical (unpaired) electrons. The maximum atomic E-state index is 5.80. The van der Waals surface area contributed by atoms with Gasteiger partial charge in [-0.3, -0.25) is 0 Å². The summed E-state index contributed by atoms with van der Waals surface area (Å²) < 4.78 is 7.07. The van der Waals surface area contributed by atoms with Crippen LogP contribution in [-0.2, 0) is 4.74 Å². The van der Waals surface area contributed by atoms with Crippen LogP contribution in [0.1, 0.15) is 16.5 Å². The molecular weight excluding hydrogens is 266 g/mol. The molecule has 20 heavy (non-hydrogen) atoms. The van der Waals surface area contributed by atoms with Crippen molar-refractivity contribution in [3.05, 3.63) is 71.1 Å². The predicted octanol–water partition coefficient (Wildman–Crippen LogP) is 4.42. The van der Waals surface area contributed by atoms with Crippen molar-refractivity contribution >= 4 is 27.3 Å². The fourth-order valence-electron chi connectivity index (χ4n) is 2.44. The standard InChI is InChI=1S/C17H13NOS/c1-2-6-12(7-3-1)14-11-19-17(18-14)16-10-13-8-4-5-9-15(13)20-16/h1-10,14H,11H2. The largest absolute Gasteiger partial charge is 0.474 e. The number of rotatable bonds is 2. The van der Waals surface area contributed by atoms with Gasteiger partial charge in [-0.25, -0.2) is 4.99 Å². The minimum atomic E-state index is 0.122. The van der Waals surface area contributed by atoms with Crippen LogP contribution in [-0.4, -0.2) is 12.5 Å². The highest BCUT2D eigenvalue weighted by molar-refractivity contribution is 7.20. The molecule has 4 rings (SSSR count). The molecular formula is C17H13NOS. The van der Waals surface area contributed by atoms with Gasteiger partial charge >= 0.3 is 0 Å². The Morgan fingerprint density at radius 3 is 2.65 bits per heavy atom.